The fourth-order valence-electron chi connectivity index (χ4n) is 2.27. The molecule has 0 aliphatic carbocycles. The number of aryl methyl sites for hydroxylation is 2. The van der Waals surface area contributed by atoms with Crippen LogP contribution >= 0.6 is 11.6 Å². The van der Waals surface area contributed by atoms with Gasteiger partial charge in [0.15, 0.2) is 0 Å². The molecular weight excluding hydrogens is 320 g/mol. The summed E-state index contributed by atoms with van der Waals surface area (Å²) in [7, 11) is 1.62. The van der Waals surface area contributed by atoms with Crippen LogP contribution in [-0.4, -0.2) is 32.6 Å². The molecule has 8 heteroatoms. The molecular formula is C15H17ClN4O3. The number of nitro groups is 1. The van der Waals surface area contributed by atoms with Crippen molar-refractivity contribution in [2.24, 2.45) is 0 Å². The molecule has 1 heterocycles. The van der Waals surface area contributed by atoms with Gasteiger partial charge in [-0.3, -0.25) is 19.6 Å². The third kappa shape index (κ3) is 3.50. The van der Waals surface area contributed by atoms with Crippen molar-refractivity contribution in [1.82, 2.24) is 14.7 Å². The minimum atomic E-state index is -0.491. The summed E-state index contributed by atoms with van der Waals surface area (Å²) in [5.74, 6) is -0.312. The van der Waals surface area contributed by atoms with Gasteiger partial charge in [-0.1, -0.05) is 17.7 Å². The zero-order chi connectivity index (χ0) is 17.1. The second-order valence-corrected chi connectivity index (χ2v) is 5.58. The van der Waals surface area contributed by atoms with Gasteiger partial charge in [0.1, 0.15) is 0 Å². The van der Waals surface area contributed by atoms with Crippen molar-refractivity contribution < 1.29 is 9.72 Å². The van der Waals surface area contributed by atoms with Crippen LogP contribution in [0.4, 0.5) is 5.69 Å². The maximum absolute atomic E-state index is 12.5. The minimum absolute atomic E-state index is 0.0686. The maximum atomic E-state index is 12.5. The first-order valence-electron chi connectivity index (χ1n) is 7.05. The number of carbonyl (C=O) groups is 1. The number of nitrogens with zero attached hydrogens (tertiary/aromatic N) is 4. The van der Waals surface area contributed by atoms with Gasteiger partial charge in [-0.05, 0) is 19.9 Å². The average molecular weight is 337 g/mol. The van der Waals surface area contributed by atoms with E-state index in [9.17, 15) is 14.9 Å². The fourth-order valence-corrected chi connectivity index (χ4v) is 2.47. The van der Waals surface area contributed by atoms with Crippen LogP contribution in [-0.2, 0) is 13.1 Å². The number of benzene rings is 1. The normalized spacial score (nSPS) is 10.6. The Balaban J connectivity index is 2.25. The molecule has 2 rings (SSSR count). The number of rotatable bonds is 5. The summed E-state index contributed by atoms with van der Waals surface area (Å²) in [6, 6.07) is 4.45. The van der Waals surface area contributed by atoms with Crippen LogP contribution in [0.25, 0.3) is 0 Å². The van der Waals surface area contributed by atoms with Gasteiger partial charge < -0.3 is 4.90 Å². The number of hydrogen-bond acceptors (Lipinski definition) is 4. The number of carbonyl (C=O) groups excluding carboxylic acids is 1. The third-order valence-corrected chi connectivity index (χ3v) is 3.90. The minimum Gasteiger partial charge on any atom is -0.336 e. The zero-order valence-electron chi connectivity index (χ0n) is 13.1. The van der Waals surface area contributed by atoms with Crippen LogP contribution in [0.15, 0.2) is 24.4 Å². The van der Waals surface area contributed by atoms with E-state index in [0.717, 1.165) is 5.69 Å². The van der Waals surface area contributed by atoms with Crippen LogP contribution in [0.2, 0.25) is 5.02 Å². The predicted octanol–water partition coefficient (Wildman–Crippen LogP) is 3.05. The number of nitro benzene ring substituents is 1. The highest BCUT2D eigenvalue weighted by Gasteiger charge is 2.19. The first kappa shape index (κ1) is 17.0. The molecule has 0 saturated carbocycles. The fraction of sp³-hybridized carbons (Fsp3) is 0.333. The Hall–Kier alpha value is -2.41. The Kier molecular flexibility index (Phi) is 5.00. The maximum Gasteiger partial charge on any atom is 0.273 e. The number of hydrogen-bond donors (Lipinski definition) is 0. The Bertz CT molecular complexity index is 757. The highest BCUT2D eigenvalue weighted by molar-refractivity contribution is 6.31. The smallest absolute Gasteiger partial charge is 0.273 e. The van der Waals surface area contributed by atoms with Gasteiger partial charge in [-0.25, -0.2) is 0 Å². The lowest BCUT2D eigenvalue weighted by molar-refractivity contribution is -0.385. The van der Waals surface area contributed by atoms with E-state index in [1.807, 2.05) is 6.92 Å². The highest BCUT2D eigenvalue weighted by atomic mass is 35.5. The molecule has 0 atom stereocenters. The average Bonchev–Trinajstić information content (AvgIpc) is 2.87. The molecule has 0 radical (unpaired) electrons. The molecule has 0 N–H and O–H groups in total. The van der Waals surface area contributed by atoms with Crippen LogP contribution in [0, 0.1) is 17.0 Å². The van der Waals surface area contributed by atoms with Gasteiger partial charge in [0.25, 0.3) is 11.6 Å². The molecule has 2 aromatic rings. The first-order chi connectivity index (χ1) is 10.8. The summed E-state index contributed by atoms with van der Waals surface area (Å²) in [5, 5.41) is 15.6. The Morgan fingerprint density at radius 3 is 2.78 bits per heavy atom. The summed E-state index contributed by atoms with van der Waals surface area (Å²) in [6.07, 6.45) is 1.54. The number of halogens is 1. The molecule has 122 valence electrons. The topological polar surface area (TPSA) is 81.3 Å². The van der Waals surface area contributed by atoms with E-state index in [1.54, 1.807) is 30.8 Å². The molecule has 0 aliphatic rings. The molecule has 0 fully saturated rings. The quantitative estimate of drug-likeness (QED) is 0.620. The van der Waals surface area contributed by atoms with Crippen molar-refractivity contribution in [3.8, 4) is 0 Å². The predicted molar refractivity (Wildman–Crippen MR) is 86.5 cm³/mol. The Morgan fingerprint density at radius 1 is 1.48 bits per heavy atom. The highest BCUT2D eigenvalue weighted by Crippen LogP contribution is 2.22. The van der Waals surface area contributed by atoms with Crippen molar-refractivity contribution in [2.75, 3.05) is 7.05 Å². The van der Waals surface area contributed by atoms with Gasteiger partial charge in [0.2, 0.25) is 0 Å². The molecule has 0 spiro atoms. The van der Waals surface area contributed by atoms with Gasteiger partial charge in [-0.2, -0.15) is 5.10 Å². The summed E-state index contributed by atoms with van der Waals surface area (Å²) < 4.78 is 1.71. The van der Waals surface area contributed by atoms with Crippen molar-refractivity contribution in [2.45, 2.75) is 26.9 Å². The van der Waals surface area contributed by atoms with Gasteiger partial charge in [0, 0.05) is 30.8 Å². The number of aromatic nitrogens is 2. The van der Waals surface area contributed by atoms with E-state index >= 15 is 0 Å². The van der Waals surface area contributed by atoms with E-state index in [-0.39, 0.29) is 23.7 Å². The largest absolute Gasteiger partial charge is 0.336 e. The lowest BCUT2D eigenvalue weighted by atomic mass is 10.1. The zero-order valence-corrected chi connectivity index (χ0v) is 13.9. The Morgan fingerprint density at radius 2 is 2.17 bits per heavy atom. The summed E-state index contributed by atoms with van der Waals surface area (Å²) >= 11 is 6.10. The van der Waals surface area contributed by atoms with E-state index < -0.39 is 4.92 Å². The SMILES string of the molecule is CCn1ncc(Cl)c1CN(C)C(=O)c1ccc(C)c([N+](=O)[O-])c1. The summed E-state index contributed by atoms with van der Waals surface area (Å²) in [5.41, 5.74) is 1.44. The second kappa shape index (κ2) is 6.78. The molecule has 1 amide bonds. The summed E-state index contributed by atoms with van der Waals surface area (Å²) in [6.45, 7) is 4.47. The van der Waals surface area contributed by atoms with Crippen LogP contribution in [0.3, 0.4) is 0 Å². The van der Waals surface area contributed by atoms with E-state index in [0.29, 0.717) is 17.1 Å². The number of amides is 1. The van der Waals surface area contributed by atoms with E-state index in [4.69, 9.17) is 11.6 Å². The first-order valence-corrected chi connectivity index (χ1v) is 7.43. The molecule has 1 aromatic carbocycles. The molecule has 23 heavy (non-hydrogen) atoms. The third-order valence-electron chi connectivity index (χ3n) is 3.58. The lowest BCUT2D eigenvalue weighted by Crippen LogP contribution is -2.27. The van der Waals surface area contributed by atoms with E-state index in [2.05, 4.69) is 5.10 Å². The van der Waals surface area contributed by atoms with Crippen LogP contribution in [0.5, 0.6) is 0 Å². The molecule has 0 bridgehead atoms. The monoisotopic (exact) mass is 336 g/mol. The molecule has 1 aromatic heterocycles. The van der Waals surface area contributed by atoms with Crippen LogP contribution < -0.4 is 0 Å². The molecule has 0 aliphatic heterocycles. The van der Waals surface area contributed by atoms with Crippen molar-refractivity contribution >= 4 is 23.2 Å². The van der Waals surface area contributed by atoms with Crippen molar-refractivity contribution in [1.29, 1.82) is 0 Å². The van der Waals surface area contributed by atoms with Crippen molar-refractivity contribution in [3.63, 3.8) is 0 Å². The van der Waals surface area contributed by atoms with Gasteiger partial charge in [0.05, 0.1) is 28.4 Å². The Labute approximate surface area is 138 Å². The second-order valence-electron chi connectivity index (χ2n) is 5.17. The van der Waals surface area contributed by atoms with Crippen LogP contribution in [0.1, 0.15) is 28.5 Å². The van der Waals surface area contributed by atoms with E-state index in [1.165, 1.54) is 17.2 Å². The van der Waals surface area contributed by atoms with Crippen molar-refractivity contribution in [3.05, 3.63) is 56.4 Å². The molecule has 0 unspecified atom stereocenters. The lowest BCUT2D eigenvalue weighted by Gasteiger charge is -2.18. The summed E-state index contributed by atoms with van der Waals surface area (Å²) in [4.78, 5) is 24.5. The van der Waals surface area contributed by atoms with Gasteiger partial charge in [-0.15, -0.1) is 0 Å². The molecule has 7 nitrogen and oxygen atoms in total. The molecule has 0 saturated heterocycles. The standard InChI is InChI=1S/C15H17ClN4O3/c1-4-19-14(12(16)8-17-19)9-18(3)15(21)11-6-5-10(2)13(7-11)20(22)23/h5-8H,4,9H2,1-3H3. The van der Waals surface area contributed by atoms with Gasteiger partial charge >= 0.3 is 0 Å².